The van der Waals surface area contributed by atoms with Gasteiger partial charge >= 0.3 is 0 Å². The summed E-state index contributed by atoms with van der Waals surface area (Å²) in [5.74, 6) is 1.91. The Bertz CT molecular complexity index is 210. The van der Waals surface area contributed by atoms with Crippen LogP contribution in [0.4, 0.5) is 0 Å². The summed E-state index contributed by atoms with van der Waals surface area (Å²) >= 11 is 2.04. The van der Waals surface area contributed by atoms with E-state index in [9.17, 15) is 5.11 Å². The van der Waals surface area contributed by atoms with E-state index in [0.29, 0.717) is 12.5 Å². The monoisotopic (exact) mass is 259 g/mol. The molecule has 0 spiro atoms. The van der Waals surface area contributed by atoms with E-state index in [0.717, 1.165) is 24.6 Å². The van der Waals surface area contributed by atoms with Gasteiger partial charge in [0.1, 0.15) is 0 Å². The van der Waals surface area contributed by atoms with Gasteiger partial charge in [-0.05, 0) is 49.1 Å². The van der Waals surface area contributed by atoms with Crippen LogP contribution in [-0.2, 0) is 0 Å². The van der Waals surface area contributed by atoms with E-state index in [-0.39, 0.29) is 5.54 Å². The lowest BCUT2D eigenvalue weighted by molar-refractivity contribution is 0.122. The molecule has 0 amide bonds. The first kappa shape index (κ1) is 15.3. The topological polar surface area (TPSA) is 32.3 Å². The number of hydrogen-bond donors (Lipinski definition) is 2. The Morgan fingerprint density at radius 3 is 2.82 bits per heavy atom. The van der Waals surface area contributed by atoms with Crippen LogP contribution in [0.1, 0.15) is 52.9 Å². The van der Waals surface area contributed by atoms with Gasteiger partial charge in [0.05, 0.1) is 6.61 Å². The van der Waals surface area contributed by atoms with Gasteiger partial charge in [0.2, 0.25) is 0 Å². The van der Waals surface area contributed by atoms with Crippen LogP contribution in [0.25, 0.3) is 0 Å². The highest BCUT2D eigenvalue weighted by Crippen LogP contribution is 2.38. The van der Waals surface area contributed by atoms with Crippen LogP contribution in [-0.4, -0.2) is 34.8 Å². The van der Waals surface area contributed by atoms with Crippen LogP contribution in [0.15, 0.2) is 0 Å². The van der Waals surface area contributed by atoms with Crippen LogP contribution in [0.2, 0.25) is 0 Å². The first-order valence-corrected chi connectivity index (χ1v) is 8.17. The Morgan fingerprint density at radius 2 is 2.24 bits per heavy atom. The molecule has 0 aromatic heterocycles. The summed E-state index contributed by atoms with van der Waals surface area (Å²) in [6.45, 7) is 8.05. The van der Waals surface area contributed by atoms with E-state index in [1.807, 2.05) is 11.8 Å². The fourth-order valence-electron chi connectivity index (χ4n) is 2.88. The maximum absolute atomic E-state index is 9.75. The molecule has 0 heterocycles. The molecule has 3 heteroatoms. The molecule has 1 aliphatic rings. The van der Waals surface area contributed by atoms with Crippen molar-refractivity contribution in [3.05, 3.63) is 0 Å². The van der Waals surface area contributed by atoms with Gasteiger partial charge in [0.25, 0.3) is 0 Å². The predicted molar refractivity (Wildman–Crippen MR) is 77.7 cm³/mol. The van der Waals surface area contributed by atoms with Crippen LogP contribution in [0.5, 0.6) is 0 Å². The maximum Gasteiger partial charge on any atom is 0.0616 e. The molecule has 1 rings (SSSR count). The molecule has 102 valence electrons. The second-order valence-electron chi connectivity index (χ2n) is 5.54. The minimum absolute atomic E-state index is 0.0353. The van der Waals surface area contributed by atoms with Gasteiger partial charge in [0, 0.05) is 5.54 Å². The normalized spacial score (nSPS) is 29.1. The first-order valence-electron chi connectivity index (χ1n) is 7.12. The largest absolute Gasteiger partial charge is 0.394 e. The Hall–Kier alpha value is 0.270. The Labute approximate surface area is 111 Å². The summed E-state index contributed by atoms with van der Waals surface area (Å²) in [6.07, 6.45) is 6.11. The Balaban J connectivity index is 2.44. The van der Waals surface area contributed by atoms with Gasteiger partial charge in [-0.2, -0.15) is 11.8 Å². The zero-order chi connectivity index (χ0) is 12.7. The molecule has 0 aromatic carbocycles. The highest BCUT2D eigenvalue weighted by atomic mass is 32.2. The summed E-state index contributed by atoms with van der Waals surface area (Å²) in [6, 6.07) is 0. The minimum Gasteiger partial charge on any atom is -0.394 e. The lowest BCUT2D eigenvalue weighted by Crippen LogP contribution is -2.51. The zero-order valence-electron chi connectivity index (χ0n) is 11.7. The van der Waals surface area contributed by atoms with Crippen LogP contribution < -0.4 is 5.32 Å². The van der Waals surface area contributed by atoms with Crippen LogP contribution in [0, 0.1) is 5.92 Å². The molecule has 0 aromatic rings. The van der Waals surface area contributed by atoms with Gasteiger partial charge in [-0.15, -0.1) is 0 Å². The average molecular weight is 259 g/mol. The number of rotatable bonds is 8. The van der Waals surface area contributed by atoms with Crippen LogP contribution >= 0.6 is 11.8 Å². The van der Waals surface area contributed by atoms with Gasteiger partial charge in [-0.25, -0.2) is 0 Å². The minimum atomic E-state index is 0.0353. The summed E-state index contributed by atoms with van der Waals surface area (Å²) in [5.41, 5.74) is 0.0353. The SMILES string of the molecule is CCCNC1(CO)CCCC1CCSC(C)C. The van der Waals surface area contributed by atoms with Crippen molar-refractivity contribution in [3.8, 4) is 0 Å². The van der Waals surface area contributed by atoms with Gasteiger partial charge in [-0.3, -0.25) is 0 Å². The van der Waals surface area contributed by atoms with Crippen molar-refractivity contribution in [2.45, 2.75) is 63.7 Å². The van der Waals surface area contributed by atoms with Crippen molar-refractivity contribution in [3.63, 3.8) is 0 Å². The number of nitrogens with one attached hydrogen (secondary N) is 1. The summed E-state index contributed by atoms with van der Waals surface area (Å²) in [7, 11) is 0. The fourth-order valence-corrected chi connectivity index (χ4v) is 3.77. The van der Waals surface area contributed by atoms with Crippen LogP contribution in [0.3, 0.4) is 0 Å². The highest BCUT2D eigenvalue weighted by Gasteiger charge is 2.41. The molecule has 0 bridgehead atoms. The molecule has 0 saturated heterocycles. The third-order valence-electron chi connectivity index (χ3n) is 3.88. The summed E-state index contributed by atoms with van der Waals surface area (Å²) < 4.78 is 0. The molecule has 0 aliphatic heterocycles. The fraction of sp³-hybridized carbons (Fsp3) is 1.00. The molecule has 17 heavy (non-hydrogen) atoms. The van der Waals surface area contributed by atoms with E-state index in [1.54, 1.807) is 0 Å². The smallest absolute Gasteiger partial charge is 0.0616 e. The predicted octanol–water partition coefficient (Wildman–Crippen LogP) is 3.05. The third-order valence-corrected chi connectivity index (χ3v) is 5.02. The second kappa shape index (κ2) is 7.65. The van der Waals surface area contributed by atoms with Gasteiger partial charge in [-0.1, -0.05) is 27.2 Å². The highest BCUT2D eigenvalue weighted by molar-refractivity contribution is 7.99. The molecule has 1 aliphatic carbocycles. The van der Waals surface area contributed by atoms with E-state index in [4.69, 9.17) is 0 Å². The zero-order valence-corrected chi connectivity index (χ0v) is 12.5. The molecule has 1 saturated carbocycles. The Kier molecular flexibility index (Phi) is 6.90. The van der Waals surface area contributed by atoms with E-state index in [1.165, 1.54) is 25.0 Å². The Morgan fingerprint density at radius 1 is 1.47 bits per heavy atom. The van der Waals surface area contributed by atoms with Crippen molar-refractivity contribution in [2.24, 2.45) is 5.92 Å². The quantitative estimate of drug-likeness (QED) is 0.703. The molecule has 1 fully saturated rings. The first-order chi connectivity index (χ1) is 8.14. The molecule has 2 N–H and O–H groups in total. The number of thioether (sulfide) groups is 1. The van der Waals surface area contributed by atoms with Gasteiger partial charge in [0.15, 0.2) is 0 Å². The van der Waals surface area contributed by atoms with Crippen molar-refractivity contribution in [1.29, 1.82) is 0 Å². The number of aliphatic hydroxyl groups excluding tert-OH is 1. The molecule has 2 nitrogen and oxygen atoms in total. The number of aliphatic hydroxyl groups is 1. The van der Waals surface area contributed by atoms with Crippen molar-refractivity contribution < 1.29 is 5.11 Å². The van der Waals surface area contributed by atoms with Crippen molar-refractivity contribution in [1.82, 2.24) is 5.32 Å². The summed E-state index contributed by atoms with van der Waals surface area (Å²) in [4.78, 5) is 0. The average Bonchev–Trinajstić information content (AvgIpc) is 2.70. The summed E-state index contributed by atoms with van der Waals surface area (Å²) in [5, 5.41) is 14.1. The van der Waals surface area contributed by atoms with Crippen molar-refractivity contribution >= 4 is 11.8 Å². The third kappa shape index (κ3) is 4.46. The molecular weight excluding hydrogens is 230 g/mol. The lowest BCUT2D eigenvalue weighted by Gasteiger charge is -2.35. The number of hydrogen-bond acceptors (Lipinski definition) is 3. The maximum atomic E-state index is 9.75. The van der Waals surface area contributed by atoms with Gasteiger partial charge < -0.3 is 10.4 Å². The van der Waals surface area contributed by atoms with Crippen molar-refractivity contribution in [2.75, 3.05) is 18.9 Å². The second-order valence-corrected chi connectivity index (χ2v) is 7.22. The van der Waals surface area contributed by atoms with E-state index in [2.05, 4.69) is 26.1 Å². The van der Waals surface area contributed by atoms with E-state index < -0.39 is 0 Å². The molecule has 2 unspecified atom stereocenters. The molecule has 0 radical (unpaired) electrons. The standard InChI is InChI=1S/C14H29NOS/c1-4-9-15-14(11-16)8-5-6-13(14)7-10-17-12(2)3/h12-13,15-16H,4-11H2,1-3H3. The molecular formula is C14H29NOS. The van der Waals surface area contributed by atoms with E-state index >= 15 is 0 Å². The molecule has 2 atom stereocenters. The lowest BCUT2D eigenvalue weighted by atomic mass is 9.85.